The summed E-state index contributed by atoms with van der Waals surface area (Å²) in [5.41, 5.74) is 1.08. The zero-order valence-electron chi connectivity index (χ0n) is 14.1. The van der Waals surface area contributed by atoms with E-state index in [0.29, 0.717) is 12.5 Å². The molecular formula is C19H23N3O3. The number of hydrogen-bond acceptors (Lipinski definition) is 5. The number of piperidine rings is 1. The number of amides is 1. The van der Waals surface area contributed by atoms with Crippen LogP contribution in [0, 0.1) is 5.92 Å². The first kappa shape index (κ1) is 16.3. The molecule has 0 unspecified atom stereocenters. The molecule has 0 spiro atoms. The zero-order chi connectivity index (χ0) is 17.1. The number of rotatable bonds is 5. The number of carbonyl (C=O) groups is 1. The summed E-state index contributed by atoms with van der Waals surface area (Å²) in [6.45, 7) is 3.14. The van der Waals surface area contributed by atoms with Crippen LogP contribution >= 0.6 is 0 Å². The van der Waals surface area contributed by atoms with Crippen LogP contribution < -0.4 is 5.32 Å². The van der Waals surface area contributed by atoms with E-state index in [1.807, 2.05) is 36.5 Å². The molecule has 0 aromatic carbocycles. The maximum atomic E-state index is 12.4. The minimum Gasteiger partial charge on any atom is -0.467 e. The van der Waals surface area contributed by atoms with Crippen LogP contribution in [-0.2, 0) is 22.6 Å². The van der Waals surface area contributed by atoms with Crippen molar-refractivity contribution < 1.29 is 13.9 Å². The van der Waals surface area contributed by atoms with E-state index in [2.05, 4.69) is 15.2 Å². The fourth-order valence-corrected chi connectivity index (χ4v) is 3.73. The number of furan rings is 1. The van der Waals surface area contributed by atoms with Gasteiger partial charge >= 0.3 is 0 Å². The second kappa shape index (κ2) is 7.37. The molecule has 6 heteroatoms. The summed E-state index contributed by atoms with van der Waals surface area (Å²) in [7, 11) is 0. The number of hydrogen-bond donors (Lipinski definition) is 1. The van der Waals surface area contributed by atoms with Crippen LogP contribution in [0.2, 0.25) is 0 Å². The van der Waals surface area contributed by atoms with Gasteiger partial charge in [-0.25, -0.2) is 0 Å². The van der Waals surface area contributed by atoms with Crippen LogP contribution in [0.5, 0.6) is 0 Å². The normalized spacial score (nSPS) is 26.3. The molecule has 2 aliphatic heterocycles. The highest BCUT2D eigenvalue weighted by Crippen LogP contribution is 2.33. The summed E-state index contributed by atoms with van der Waals surface area (Å²) in [5.74, 6) is 1.19. The van der Waals surface area contributed by atoms with E-state index in [9.17, 15) is 4.79 Å². The Bertz CT molecular complexity index is 689. The Labute approximate surface area is 147 Å². The SMILES string of the molecule is O=C(NCc1ccco1)[C@@H]1C[C@@H]2CCN(Cc3ccccn3)C[C@H]2O1. The van der Waals surface area contributed by atoms with Gasteiger partial charge in [0.15, 0.2) is 0 Å². The maximum absolute atomic E-state index is 12.4. The predicted molar refractivity (Wildman–Crippen MR) is 91.5 cm³/mol. The summed E-state index contributed by atoms with van der Waals surface area (Å²) in [6, 6.07) is 9.66. The Kier molecular flexibility index (Phi) is 4.81. The lowest BCUT2D eigenvalue weighted by Gasteiger charge is -2.33. The molecule has 2 saturated heterocycles. The lowest BCUT2D eigenvalue weighted by molar-refractivity contribution is -0.133. The number of likely N-dealkylation sites (tertiary alicyclic amines) is 1. The number of nitrogens with one attached hydrogen (secondary N) is 1. The molecule has 132 valence electrons. The summed E-state index contributed by atoms with van der Waals surface area (Å²) in [4.78, 5) is 19.1. The molecular weight excluding hydrogens is 318 g/mol. The van der Waals surface area contributed by atoms with Crippen molar-refractivity contribution in [2.75, 3.05) is 13.1 Å². The Morgan fingerprint density at radius 1 is 1.32 bits per heavy atom. The number of pyridine rings is 1. The highest BCUT2D eigenvalue weighted by Gasteiger charge is 2.41. The fraction of sp³-hybridized carbons (Fsp3) is 0.474. The number of carbonyl (C=O) groups excluding carboxylic acids is 1. The minimum absolute atomic E-state index is 0.0397. The van der Waals surface area contributed by atoms with Crippen LogP contribution in [0.1, 0.15) is 24.3 Å². The fourth-order valence-electron chi connectivity index (χ4n) is 3.73. The molecule has 3 atom stereocenters. The highest BCUT2D eigenvalue weighted by atomic mass is 16.5. The molecule has 1 N–H and O–H groups in total. The van der Waals surface area contributed by atoms with Gasteiger partial charge in [-0.3, -0.25) is 14.7 Å². The standard InChI is InChI=1S/C19H23N3O3/c23-19(21-11-16-5-3-9-24-16)17-10-14-6-8-22(13-18(14)25-17)12-15-4-1-2-7-20-15/h1-5,7,9,14,17-18H,6,8,10-13H2,(H,21,23)/t14-,17-,18+/m0/s1. The quantitative estimate of drug-likeness (QED) is 0.901. The van der Waals surface area contributed by atoms with Crippen molar-refractivity contribution in [1.82, 2.24) is 15.2 Å². The zero-order valence-corrected chi connectivity index (χ0v) is 14.1. The van der Waals surface area contributed by atoms with Crippen LogP contribution in [0.4, 0.5) is 0 Å². The first-order chi connectivity index (χ1) is 12.3. The van der Waals surface area contributed by atoms with Crippen molar-refractivity contribution in [2.45, 2.75) is 38.1 Å². The van der Waals surface area contributed by atoms with Crippen molar-refractivity contribution in [3.63, 3.8) is 0 Å². The average Bonchev–Trinajstić information content (AvgIpc) is 3.30. The van der Waals surface area contributed by atoms with Gasteiger partial charge in [0.25, 0.3) is 0 Å². The minimum atomic E-state index is -0.347. The predicted octanol–water partition coefficient (Wildman–Crippen LogP) is 1.97. The third-order valence-electron chi connectivity index (χ3n) is 5.06. The number of fused-ring (bicyclic) bond motifs is 1. The third kappa shape index (κ3) is 3.91. The van der Waals surface area contributed by atoms with E-state index in [4.69, 9.17) is 9.15 Å². The molecule has 4 heterocycles. The van der Waals surface area contributed by atoms with E-state index in [1.54, 1.807) is 6.26 Å². The van der Waals surface area contributed by atoms with Gasteiger partial charge in [0.05, 0.1) is 24.6 Å². The van der Waals surface area contributed by atoms with Gasteiger partial charge in [-0.2, -0.15) is 0 Å². The molecule has 0 aliphatic carbocycles. The number of nitrogens with zero attached hydrogens (tertiary/aromatic N) is 2. The molecule has 2 aromatic heterocycles. The summed E-state index contributed by atoms with van der Waals surface area (Å²) in [6.07, 6.45) is 5.11. The molecule has 4 rings (SSSR count). The largest absolute Gasteiger partial charge is 0.467 e. The Balaban J connectivity index is 1.28. The monoisotopic (exact) mass is 341 g/mol. The van der Waals surface area contributed by atoms with Gasteiger partial charge in [-0.05, 0) is 49.6 Å². The lowest BCUT2D eigenvalue weighted by atomic mass is 9.91. The van der Waals surface area contributed by atoms with Crippen molar-refractivity contribution in [1.29, 1.82) is 0 Å². The highest BCUT2D eigenvalue weighted by molar-refractivity contribution is 5.81. The molecule has 0 saturated carbocycles. The first-order valence-electron chi connectivity index (χ1n) is 8.86. The molecule has 2 fully saturated rings. The van der Waals surface area contributed by atoms with Crippen molar-refractivity contribution in [3.8, 4) is 0 Å². The van der Waals surface area contributed by atoms with Crippen molar-refractivity contribution >= 4 is 5.91 Å². The van der Waals surface area contributed by atoms with Crippen molar-refractivity contribution in [3.05, 3.63) is 54.2 Å². The van der Waals surface area contributed by atoms with Crippen LogP contribution in [0.15, 0.2) is 47.2 Å². The van der Waals surface area contributed by atoms with Gasteiger partial charge in [0.1, 0.15) is 11.9 Å². The molecule has 2 aromatic rings. The van der Waals surface area contributed by atoms with Gasteiger partial charge in [0.2, 0.25) is 5.91 Å². The molecule has 6 nitrogen and oxygen atoms in total. The molecule has 1 amide bonds. The lowest BCUT2D eigenvalue weighted by Crippen LogP contribution is -2.42. The van der Waals surface area contributed by atoms with Gasteiger partial charge in [0, 0.05) is 19.3 Å². The molecule has 0 bridgehead atoms. The van der Waals surface area contributed by atoms with E-state index in [0.717, 1.165) is 43.9 Å². The van der Waals surface area contributed by atoms with Crippen LogP contribution in [0.3, 0.4) is 0 Å². The Hall–Kier alpha value is -2.18. The third-order valence-corrected chi connectivity index (χ3v) is 5.06. The second-order valence-corrected chi connectivity index (χ2v) is 6.80. The van der Waals surface area contributed by atoms with Crippen LogP contribution in [0.25, 0.3) is 0 Å². The van der Waals surface area contributed by atoms with Gasteiger partial charge < -0.3 is 14.5 Å². The summed E-state index contributed by atoms with van der Waals surface area (Å²) in [5, 5.41) is 2.91. The van der Waals surface area contributed by atoms with Gasteiger partial charge in [-0.15, -0.1) is 0 Å². The smallest absolute Gasteiger partial charge is 0.249 e. The summed E-state index contributed by atoms with van der Waals surface area (Å²) < 4.78 is 11.3. The topological polar surface area (TPSA) is 67.6 Å². The van der Waals surface area contributed by atoms with Crippen LogP contribution in [-0.4, -0.2) is 41.1 Å². The van der Waals surface area contributed by atoms with E-state index >= 15 is 0 Å². The molecule has 0 radical (unpaired) electrons. The average molecular weight is 341 g/mol. The Morgan fingerprint density at radius 3 is 3.08 bits per heavy atom. The Morgan fingerprint density at radius 2 is 2.28 bits per heavy atom. The van der Waals surface area contributed by atoms with E-state index in [1.165, 1.54) is 0 Å². The van der Waals surface area contributed by atoms with E-state index < -0.39 is 0 Å². The summed E-state index contributed by atoms with van der Waals surface area (Å²) >= 11 is 0. The number of aromatic nitrogens is 1. The van der Waals surface area contributed by atoms with Gasteiger partial charge in [-0.1, -0.05) is 6.07 Å². The maximum Gasteiger partial charge on any atom is 0.249 e. The second-order valence-electron chi connectivity index (χ2n) is 6.80. The first-order valence-corrected chi connectivity index (χ1v) is 8.86. The van der Waals surface area contributed by atoms with Crippen molar-refractivity contribution in [2.24, 2.45) is 5.92 Å². The molecule has 25 heavy (non-hydrogen) atoms. The molecule has 2 aliphatic rings. The number of ether oxygens (including phenoxy) is 1. The van der Waals surface area contributed by atoms with E-state index in [-0.39, 0.29) is 18.1 Å².